The molecular weight excluding hydrogens is 382 g/mol. The van der Waals surface area contributed by atoms with Crippen LogP contribution in [0.5, 0.6) is 5.75 Å². The standard InChI is InChI=1S/C18H17N5O4S/c1-12-5-3-4-6-15(12)22-11-19-21-18(22)28-10-17(24)20-14-8-7-13(27-2)9-16(14)23(25)26/h3-9,11H,10H2,1-2H3,(H,20,24). The Hall–Kier alpha value is -3.40. The van der Waals surface area contributed by atoms with E-state index in [-0.39, 0.29) is 17.1 Å². The van der Waals surface area contributed by atoms with E-state index >= 15 is 0 Å². The first-order valence-electron chi connectivity index (χ1n) is 8.20. The fourth-order valence-electron chi connectivity index (χ4n) is 2.53. The van der Waals surface area contributed by atoms with Gasteiger partial charge in [0.2, 0.25) is 5.91 Å². The minimum atomic E-state index is -0.569. The molecule has 0 aliphatic heterocycles. The second-order valence-corrected chi connectivity index (χ2v) is 6.69. The number of thioether (sulfide) groups is 1. The van der Waals surface area contributed by atoms with Gasteiger partial charge in [0.25, 0.3) is 5.69 Å². The van der Waals surface area contributed by atoms with Crippen molar-refractivity contribution >= 4 is 29.0 Å². The van der Waals surface area contributed by atoms with Crippen LogP contribution in [0.1, 0.15) is 5.56 Å². The fraction of sp³-hybridized carbons (Fsp3) is 0.167. The number of carbonyl (C=O) groups excluding carboxylic acids is 1. The summed E-state index contributed by atoms with van der Waals surface area (Å²) in [5, 5.41) is 22.3. The summed E-state index contributed by atoms with van der Waals surface area (Å²) in [6.45, 7) is 1.97. The molecule has 144 valence electrons. The first kappa shape index (κ1) is 19.4. The van der Waals surface area contributed by atoms with Crippen molar-refractivity contribution in [3.8, 4) is 11.4 Å². The predicted octanol–water partition coefficient (Wildman–Crippen LogP) is 3.22. The first-order valence-corrected chi connectivity index (χ1v) is 9.19. The second kappa shape index (κ2) is 8.53. The van der Waals surface area contributed by atoms with Crippen LogP contribution in [0.2, 0.25) is 0 Å². The number of methoxy groups -OCH3 is 1. The van der Waals surface area contributed by atoms with Crippen molar-refractivity contribution in [1.82, 2.24) is 14.8 Å². The van der Waals surface area contributed by atoms with Gasteiger partial charge in [-0.15, -0.1) is 10.2 Å². The molecule has 0 radical (unpaired) electrons. The molecule has 0 aliphatic carbocycles. The van der Waals surface area contributed by atoms with Crippen LogP contribution in [0.15, 0.2) is 53.9 Å². The topological polar surface area (TPSA) is 112 Å². The van der Waals surface area contributed by atoms with Crippen molar-refractivity contribution < 1.29 is 14.5 Å². The van der Waals surface area contributed by atoms with Gasteiger partial charge >= 0.3 is 0 Å². The van der Waals surface area contributed by atoms with E-state index in [2.05, 4.69) is 15.5 Å². The molecule has 10 heteroatoms. The molecule has 28 heavy (non-hydrogen) atoms. The van der Waals surface area contributed by atoms with E-state index in [1.54, 1.807) is 17.0 Å². The van der Waals surface area contributed by atoms with Crippen molar-refractivity contribution in [1.29, 1.82) is 0 Å². The smallest absolute Gasteiger partial charge is 0.296 e. The Bertz CT molecular complexity index is 1020. The molecule has 3 aromatic rings. The van der Waals surface area contributed by atoms with E-state index < -0.39 is 10.8 Å². The molecule has 2 aromatic carbocycles. The number of nitro groups is 1. The number of aryl methyl sites for hydroxylation is 1. The Morgan fingerprint density at radius 1 is 1.32 bits per heavy atom. The molecule has 0 saturated heterocycles. The van der Waals surface area contributed by atoms with Gasteiger partial charge in [0.1, 0.15) is 17.8 Å². The van der Waals surface area contributed by atoms with Crippen LogP contribution < -0.4 is 10.1 Å². The lowest BCUT2D eigenvalue weighted by atomic mass is 10.2. The summed E-state index contributed by atoms with van der Waals surface area (Å²) in [4.78, 5) is 23.0. The summed E-state index contributed by atoms with van der Waals surface area (Å²) < 4.78 is 6.78. The average Bonchev–Trinajstić information content (AvgIpc) is 3.15. The molecule has 1 N–H and O–H groups in total. The van der Waals surface area contributed by atoms with Gasteiger partial charge in [-0.3, -0.25) is 19.5 Å². The van der Waals surface area contributed by atoms with Gasteiger partial charge in [0.05, 0.1) is 29.5 Å². The Kier molecular flexibility index (Phi) is 5.90. The zero-order valence-corrected chi connectivity index (χ0v) is 16.0. The van der Waals surface area contributed by atoms with Crippen LogP contribution in [0.4, 0.5) is 11.4 Å². The zero-order chi connectivity index (χ0) is 20.1. The summed E-state index contributed by atoms with van der Waals surface area (Å²) in [7, 11) is 1.42. The summed E-state index contributed by atoms with van der Waals surface area (Å²) in [5.74, 6) is -0.0312. The van der Waals surface area contributed by atoms with Crippen LogP contribution >= 0.6 is 11.8 Å². The second-order valence-electron chi connectivity index (χ2n) is 5.75. The number of hydrogen-bond donors (Lipinski definition) is 1. The number of ether oxygens (including phenoxy) is 1. The number of para-hydroxylation sites is 1. The number of amides is 1. The van der Waals surface area contributed by atoms with Crippen molar-refractivity contribution in [3.63, 3.8) is 0 Å². The van der Waals surface area contributed by atoms with Crippen LogP contribution in [-0.4, -0.2) is 38.5 Å². The van der Waals surface area contributed by atoms with Gasteiger partial charge in [0, 0.05) is 0 Å². The highest BCUT2D eigenvalue weighted by Crippen LogP contribution is 2.29. The summed E-state index contributed by atoms with van der Waals surface area (Å²) in [5.41, 5.74) is 1.83. The molecule has 0 unspecified atom stereocenters. The number of carbonyl (C=O) groups is 1. The lowest BCUT2D eigenvalue weighted by Gasteiger charge is -2.09. The molecule has 0 saturated carbocycles. The third-order valence-electron chi connectivity index (χ3n) is 3.90. The maximum absolute atomic E-state index is 12.3. The minimum absolute atomic E-state index is 0.0216. The van der Waals surface area contributed by atoms with Gasteiger partial charge < -0.3 is 10.1 Å². The van der Waals surface area contributed by atoms with Crippen molar-refractivity contribution in [2.45, 2.75) is 12.1 Å². The van der Waals surface area contributed by atoms with Gasteiger partial charge in [-0.2, -0.15) is 0 Å². The van der Waals surface area contributed by atoms with Gasteiger partial charge in [-0.25, -0.2) is 0 Å². The summed E-state index contributed by atoms with van der Waals surface area (Å²) in [6, 6.07) is 12.0. The molecule has 1 heterocycles. The van der Waals surface area contributed by atoms with E-state index in [9.17, 15) is 14.9 Å². The molecule has 3 rings (SSSR count). The largest absolute Gasteiger partial charge is 0.496 e. The third kappa shape index (κ3) is 4.29. The zero-order valence-electron chi connectivity index (χ0n) is 15.2. The van der Waals surface area contributed by atoms with Gasteiger partial charge in [-0.05, 0) is 30.7 Å². The SMILES string of the molecule is COc1ccc(NC(=O)CSc2nncn2-c2ccccc2C)c([N+](=O)[O-])c1. The number of aromatic nitrogens is 3. The van der Waals surface area contributed by atoms with Crippen LogP contribution in [0.3, 0.4) is 0 Å². The summed E-state index contributed by atoms with van der Waals surface area (Å²) in [6.07, 6.45) is 1.58. The van der Waals surface area contributed by atoms with Gasteiger partial charge in [0.15, 0.2) is 5.16 Å². The number of benzene rings is 2. The fourth-order valence-corrected chi connectivity index (χ4v) is 3.26. The molecule has 0 aliphatic rings. The van der Waals surface area contributed by atoms with Crippen molar-refractivity contribution in [2.75, 3.05) is 18.2 Å². The molecule has 1 amide bonds. The molecule has 1 aromatic heterocycles. The molecule has 9 nitrogen and oxygen atoms in total. The maximum Gasteiger partial charge on any atom is 0.296 e. The molecule has 0 atom stereocenters. The van der Waals surface area contributed by atoms with E-state index in [1.165, 1.54) is 31.0 Å². The lowest BCUT2D eigenvalue weighted by molar-refractivity contribution is -0.384. The molecule has 0 spiro atoms. The van der Waals surface area contributed by atoms with Gasteiger partial charge in [-0.1, -0.05) is 30.0 Å². The van der Waals surface area contributed by atoms with Crippen molar-refractivity contribution in [3.05, 3.63) is 64.5 Å². The highest BCUT2D eigenvalue weighted by atomic mass is 32.2. The minimum Gasteiger partial charge on any atom is -0.496 e. The van der Waals surface area contributed by atoms with Crippen LogP contribution in [0, 0.1) is 17.0 Å². The van der Waals surface area contributed by atoms with E-state index in [4.69, 9.17) is 4.74 Å². The first-order chi connectivity index (χ1) is 13.5. The van der Waals surface area contributed by atoms with E-state index in [0.29, 0.717) is 10.9 Å². The highest BCUT2D eigenvalue weighted by molar-refractivity contribution is 7.99. The lowest BCUT2D eigenvalue weighted by Crippen LogP contribution is -2.15. The Morgan fingerprint density at radius 3 is 2.82 bits per heavy atom. The third-order valence-corrected chi connectivity index (χ3v) is 4.84. The Morgan fingerprint density at radius 2 is 2.11 bits per heavy atom. The number of nitro benzene ring substituents is 1. The Labute approximate surface area is 164 Å². The Balaban J connectivity index is 1.71. The van der Waals surface area contributed by atoms with E-state index in [0.717, 1.165) is 11.3 Å². The normalized spacial score (nSPS) is 10.5. The van der Waals surface area contributed by atoms with Crippen LogP contribution in [0.25, 0.3) is 5.69 Å². The number of nitrogens with one attached hydrogen (secondary N) is 1. The quantitative estimate of drug-likeness (QED) is 0.369. The monoisotopic (exact) mass is 399 g/mol. The number of hydrogen-bond acceptors (Lipinski definition) is 7. The number of rotatable bonds is 7. The molecule has 0 fully saturated rings. The molecular formula is C18H17N5O4S. The number of nitrogens with zero attached hydrogens (tertiary/aromatic N) is 4. The molecule has 0 bridgehead atoms. The summed E-state index contributed by atoms with van der Waals surface area (Å²) >= 11 is 1.19. The van der Waals surface area contributed by atoms with Crippen LogP contribution in [-0.2, 0) is 4.79 Å². The van der Waals surface area contributed by atoms with Crippen molar-refractivity contribution in [2.24, 2.45) is 0 Å². The maximum atomic E-state index is 12.3. The van der Waals surface area contributed by atoms with E-state index in [1.807, 2.05) is 31.2 Å². The number of anilines is 1. The average molecular weight is 399 g/mol. The highest BCUT2D eigenvalue weighted by Gasteiger charge is 2.18. The predicted molar refractivity (Wildman–Crippen MR) is 105 cm³/mol.